The molecule has 1 aromatic rings. The van der Waals surface area contributed by atoms with E-state index in [1.54, 1.807) is 18.2 Å². The lowest BCUT2D eigenvalue weighted by molar-refractivity contribution is -0.139. The molecule has 2 N–H and O–H groups in total. The van der Waals surface area contributed by atoms with Crippen LogP contribution in [0.5, 0.6) is 0 Å². The molecular weight excluding hydrogens is 401 g/mol. The summed E-state index contributed by atoms with van der Waals surface area (Å²) < 4.78 is 0. The zero-order valence-electron chi connectivity index (χ0n) is 14.6. The molecule has 1 fully saturated rings. The number of amides is 1. The van der Waals surface area contributed by atoms with E-state index in [-0.39, 0.29) is 37.4 Å². The highest BCUT2D eigenvalue weighted by atomic mass is 35.5. The minimum absolute atomic E-state index is 0. The Hall–Kier alpha value is -1.05. The smallest absolute Gasteiger partial charge is 0.317 e. The maximum Gasteiger partial charge on any atom is 0.317 e. The van der Waals surface area contributed by atoms with Crippen LogP contribution in [0, 0.1) is 0 Å². The molecule has 1 aromatic carbocycles. The molecule has 0 aliphatic carbocycles. The number of carboxylic acid groups (broad SMARTS) is 1. The third-order valence-electron chi connectivity index (χ3n) is 4.39. The summed E-state index contributed by atoms with van der Waals surface area (Å²) in [4.78, 5) is 27.2. The summed E-state index contributed by atoms with van der Waals surface area (Å²) in [5, 5.41) is 12.7. The first-order chi connectivity index (χ1) is 11.9. The van der Waals surface area contributed by atoms with Crippen molar-refractivity contribution in [3.05, 3.63) is 28.2 Å². The lowest BCUT2D eigenvalue weighted by Crippen LogP contribution is -2.48. The van der Waals surface area contributed by atoms with Gasteiger partial charge < -0.3 is 10.4 Å². The second-order valence-electron chi connectivity index (χ2n) is 6.14. The Labute approximate surface area is 169 Å². The third kappa shape index (κ3) is 6.93. The minimum atomic E-state index is -0.804. The standard InChI is InChI=1S/C17H23Cl2N3O3.ClH/c1-2-22(11-17(24)25)13-5-7-21(8-6-13)10-16(23)20-15-9-12(18)3-4-14(15)19;/h3-4,9,13H,2,5-8,10-11H2,1H3,(H,20,23)(H,24,25);1H. The Morgan fingerprint density at radius 1 is 1.31 bits per heavy atom. The summed E-state index contributed by atoms with van der Waals surface area (Å²) in [6, 6.07) is 5.19. The number of likely N-dealkylation sites (tertiary alicyclic amines) is 1. The number of anilines is 1. The number of benzene rings is 1. The van der Waals surface area contributed by atoms with Crippen molar-refractivity contribution in [1.82, 2.24) is 9.80 Å². The van der Waals surface area contributed by atoms with E-state index in [1.807, 2.05) is 11.8 Å². The fourth-order valence-corrected chi connectivity index (χ4v) is 3.44. The van der Waals surface area contributed by atoms with Crippen LogP contribution in [-0.2, 0) is 9.59 Å². The van der Waals surface area contributed by atoms with Crippen molar-refractivity contribution in [3.8, 4) is 0 Å². The van der Waals surface area contributed by atoms with Gasteiger partial charge in [-0.15, -0.1) is 12.4 Å². The van der Waals surface area contributed by atoms with Crippen LogP contribution in [0.25, 0.3) is 0 Å². The normalized spacial score (nSPS) is 15.5. The first-order valence-corrected chi connectivity index (χ1v) is 9.07. The molecule has 26 heavy (non-hydrogen) atoms. The molecule has 0 saturated carbocycles. The van der Waals surface area contributed by atoms with Crippen LogP contribution in [0.3, 0.4) is 0 Å². The van der Waals surface area contributed by atoms with E-state index in [0.29, 0.717) is 22.3 Å². The van der Waals surface area contributed by atoms with E-state index in [2.05, 4.69) is 10.2 Å². The third-order valence-corrected chi connectivity index (χ3v) is 4.95. The summed E-state index contributed by atoms with van der Waals surface area (Å²) >= 11 is 12.0. The molecule has 1 heterocycles. The SMILES string of the molecule is CCN(CC(=O)O)C1CCN(CC(=O)Nc2cc(Cl)ccc2Cl)CC1.Cl. The van der Waals surface area contributed by atoms with Gasteiger partial charge in [-0.25, -0.2) is 0 Å². The highest BCUT2D eigenvalue weighted by Gasteiger charge is 2.26. The fraction of sp³-hybridized carbons (Fsp3) is 0.529. The van der Waals surface area contributed by atoms with Gasteiger partial charge in [0.15, 0.2) is 0 Å². The molecule has 0 unspecified atom stereocenters. The number of nitrogens with zero attached hydrogens (tertiary/aromatic N) is 2. The van der Waals surface area contributed by atoms with Crippen molar-refractivity contribution >= 4 is 53.2 Å². The zero-order chi connectivity index (χ0) is 18.4. The fourth-order valence-electron chi connectivity index (χ4n) is 3.10. The van der Waals surface area contributed by atoms with Gasteiger partial charge in [0.2, 0.25) is 5.91 Å². The number of halogens is 3. The predicted molar refractivity (Wildman–Crippen MR) is 107 cm³/mol. The zero-order valence-corrected chi connectivity index (χ0v) is 16.9. The molecule has 0 bridgehead atoms. The number of carbonyl (C=O) groups is 2. The second kappa shape index (κ2) is 10.9. The van der Waals surface area contributed by atoms with Gasteiger partial charge in [-0.1, -0.05) is 30.1 Å². The lowest BCUT2D eigenvalue weighted by atomic mass is 10.0. The highest BCUT2D eigenvalue weighted by molar-refractivity contribution is 6.35. The quantitative estimate of drug-likeness (QED) is 0.703. The summed E-state index contributed by atoms with van der Waals surface area (Å²) in [5.41, 5.74) is 0.507. The van der Waals surface area contributed by atoms with Crippen LogP contribution in [0.2, 0.25) is 10.0 Å². The van der Waals surface area contributed by atoms with Crippen molar-refractivity contribution in [2.45, 2.75) is 25.8 Å². The van der Waals surface area contributed by atoms with Crippen LogP contribution in [0.4, 0.5) is 5.69 Å². The molecule has 0 atom stereocenters. The van der Waals surface area contributed by atoms with E-state index in [9.17, 15) is 9.59 Å². The van der Waals surface area contributed by atoms with Gasteiger partial charge in [0.05, 0.1) is 23.8 Å². The molecule has 9 heteroatoms. The van der Waals surface area contributed by atoms with E-state index in [4.69, 9.17) is 28.3 Å². The molecular formula is C17H24Cl3N3O3. The van der Waals surface area contributed by atoms with Gasteiger partial charge >= 0.3 is 5.97 Å². The van der Waals surface area contributed by atoms with Gasteiger partial charge in [-0.05, 0) is 37.6 Å². The van der Waals surface area contributed by atoms with E-state index in [1.165, 1.54) is 0 Å². The molecule has 2 rings (SSSR count). The largest absolute Gasteiger partial charge is 0.480 e. The topological polar surface area (TPSA) is 72.9 Å². The molecule has 1 aliphatic heterocycles. The van der Waals surface area contributed by atoms with E-state index < -0.39 is 5.97 Å². The van der Waals surface area contributed by atoms with Crippen molar-refractivity contribution in [3.63, 3.8) is 0 Å². The molecule has 0 spiro atoms. The first-order valence-electron chi connectivity index (χ1n) is 8.32. The van der Waals surface area contributed by atoms with Crippen LogP contribution in [0.1, 0.15) is 19.8 Å². The summed E-state index contributed by atoms with van der Waals surface area (Å²) in [5.74, 6) is -0.942. The molecule has 0 aromatic heterocycles. The predicted octanol–water partition coefficient (Wildman–Crippen LogP) is 3.22. The van der Waals surface area contributed by atoms with Crippen LogP contribution in [0.15, 0.2) is 18.2 Å². The number of nitrogens with one attached hydrogen (secondary N) is 1. The molecule has 1 amide bonds. The van der Waals surface area contributed by atoms with E-state index in [0.717, 1.165) is 25.9 Å². The maximum atomic E-state index is 12.2. The Morgan fingerprint density at radius 2 is 1.96 bits per heavy atom. The van der Waals surface area contributed by atoms with Crippen molar-refractivity contribution in [2.24, 2.45) is 0 Å². The van der Waals surface area contributed by atoms with Gasteiger partial charge in [0.1, 0.15) is 0 Å². The van der Waals surface area contributed by atoms with Gasteiger partial charge in [0, 0.05) is 24.2 Å². The highest BCUT2D eigenvalue weighted by Crippen LogP contribution is 2.25. The number of hydrogen-bond donors (Lipinski definition) is 2. The molecule has 1 saturated heterocycles. The minimum Gasteiger partial charge on any atom is -0.480 e. The van der Waals surface area contributed by atoms with Gasteiger partial charge in [0.25, 0.3) is 0 Å². The number of piperidine rings is 1. The number of carbonyl (C=O) groups excluding carboxylic acids is 1. The van der Waals surface area contributed by atoms with Gasteiger partial charge in [-0.3, -0.25) is 19.4 Å². The molecule has 6 nitrogen and oxygen atoms in total. The molecule has 146 valence electrons. The van der Waals surface area contributed by atoms with Crippen LogP contribution >= 0.6 is 35.6 Å². The summed E-state index contributed by atoms with van der Waals surface area (Å²) in [7, 11) is 0. The van der Waals surface area contributed by atoms with Crippen molar-refractivity contribution < 1.29 is 14.7 Å². The number of carboxylic acids is 1. The average molecular weight is 425 g/mol. The number of hydrogen-bond acceptors (Lipinski definition) is 4. The molecule has 1 aliphatic rings. The monoisotopic (exact) mass is 423 g/mol. The Bertz CT molecular complexity index is 623. The number of rotatable bonds is 7. The van der Waals surface area contributed by atoms with Gasteiger partial charge in [-0.2, -0.15) is 0 Å². The van der Waals surface area contributed by atoms with Crippen molar-refractivity contribution in [1.29, 1.82) is 0 Å². The summed E-state index contributed by atoms with van der Waals surface area (Å²) in [6.45, 7) is 4.55. The Kier molecular flexibility index (Phi) is 9.68. The Morgan fingerprint density at radius 3 is 2.54 bits per heavy atom. The summed E-state index contributed by atoms with van der Waals surface area (Å²) in [6.07, 6.45) is 1.71. The maximum absolute atomic E-state index is 12.2. The second-order valence-corrected chi connectivity index (χ2v) is 6.98. The molecule has 0 radical (unpaired) electrons. The number of aliphatic carboxylic acids is 1. The average Bonchev–Trinajstić information content (AvgIpc) is 2.56. The van der Waals surface area contributed by atoms with E-state index >= 15 is 0 Å². The Balaban J connectivity index is 0.00000338. The lowest BCUT2D eigenvalue weighted by Gasteiger charge is -2.37. The number of likely N-dealkylation sites (N-methyl/N-ethyl adjacent to an activating group) is 1. The van der Waals surface area contributed by atoms with Crippen LogP contribution < -0.4 is 5.32 Å². The first kappa shape index (κ1) is 23.0. The van der Waals surface area contributed by atoms with Crippen molar-refractivity contribution in [2.75, 3.05) is 38.0 Å². The van der Waals surface area contributed by atoms with Crippen LogP contribution in [-0.4, -0.2) is 65.5 Å².